The summed E-state index contributed by atoms with van der Waals surface area (Å²) in [6.07, 6.45) is 1.74. The Morgan fingerprint density at radius 3 is 2.24 bits per heavy atom. The van der Waals surface area contributed by atoms with Crippen LogP contribution in [0.1, 0.15) is 25.0 Å². The lowest BCUT2D eigenvalue weighted by molar-refractivity contribution is 0.132. The van der Waals surface area contributed by atoms with Crippen molar-refractivity contribution in [3.63, 3.8) is 0 Å². The first-order valence-corrected chi connectivity index (χ1v) is 7.37. The normalized spacial score (nSPS) is 10.8. The fourth-order valence-corrected chi connectivity index (χ4v) is 2.14. The van der Waals surface area contributed by atoms with Gasteiger partial charge in [0.1, 0.15) is 6.61 Å². The third-order valence-electron chi connectivity index (χ3n) is 3.37. The van der Waals surface area contributed by atoms with Crippen LogP contribution in [0.3, 0.4) is 0 Å². The Labute approximate surface area is 126 Å². The average Bonchev–Trinajstić information content (AvgIpc) is 2.55. The zero-order valence-corrected chi connectivity index (χ0v) is 12.7. The summed E-state index contributed by atoms with van der Waals surface area (Å²) < 4.78 is 0. The van der Waals surface area contributed by atoms with E-state index in [-0.39, 0.29) is 0 Å². The second-order valence-electron chi connectivity index (χ2n) is 4.76. The van der Waals surface area contributed by atoms with Crippen LogP contribution >= 0.6 is 0 Å². The van der Waals surface area contributed by atoms with Crippen molar-refractivity contribution < 1.29 is 4.84 Å². The highest BCUT2D eigenvalue weighted by Gasteiger charge is 2.00. The molecule has 0 aliphatic carbocycles. The Morgan fingerprint density at radius 2 is 1.62 bits per heavy atom. The second-order valence-corrected chi connectivity index (χ2v) is 4.76. The van der Waals surface area contributed by atoms with E-state index in [0.717, 1.165) is 24.2 Å². The molecule has 0 heterocycles. The molecule has 2 rings (SSSR count). The Morgan fingerprint density at radius 1 is 0.952 bits per heavy atom. The van der Waals surface area contributed by atoms with Gasteiger partial charge in [0, 0.05) is 18.8 Å². The molecule has 0 aliphatic rings. The fraction of sp³-hybridized carbons (Fsp3) is 0.278. The Kier molecular flexibility index (Phi) is 5.83. The zero-order chi connectivity index (χ0) is 14.9. The van der Waals surface area contributed by atoms with Gasteiger partial charge in [-0.05, 0) is 37.1 Å². The first-order chi connectivity index (χ1) is 10.3. The molecular weight excluding hydrogens is 260 g/mol. The lowest BCUT2D eigenvalue weighted by Gasteiger charge is -2.20. The van der Waals surface area contributed by atoms with Gasteiger partial charge in [-0.2, -0.15) is 0 Å². The smallest absolute Gasteiger partial charge is 0.142 e. The van der Waals surface area contributed by atoms with Crippen molar-refractivity contribution in [1.29, 1.82) is 0 Å². The summed E-state index contributed by atoms with van der Waals surface area (Å²) >= 11 is 0. The molecule has 0 radical (unpaired) electrons. The third-order valence-corrected chi connectivity index (χ3v) is 3.37. The minimum Gasteiger partial charge on any atom is -0.391 e. The van der Waals surface area contributed by atoms with Crippen molar-refractivity contribution in [2.24, 2.45) is 5.16 Å². The average molecular weight is 282 g/mol. The molecule has 3 heteroatoms. The molecular formula is C18H22N2O. The summed E-state index contributed by atoms with van der Waals surface area (Å²) in [4.78, 5) is 7.62. The maximum Gasteiger partial charge on any atom is 0.142 e. The van der Waals surface area contributed by atoms with Gasteiger partial charge in [0.25, 0.3) is 0 Å². The minimum atomic E-state index is 0.495. The van der Waals surface area contributed by atoms with Gasteiger partial charge in [-0.3, -0.25) is 0 Å². The number of oxime groups is 1. The van der Waals surface area contributed by atoms with Gasteiger partial charge >= 0.3 is 0 Å². The van der Waals surface area contributed by atoms with E-state index in [1.54, 1.807) is 6.21 Å². The molecule has 0 spiro atoms. The predicted octanol–water partition coefficient (Wildman–Crippen LogP) is 4.08. The molecule has 0 bridgehead atoms. The molecule has 2 aromatic rings. The topological polar surface area (TPSA) is 24.8 Å². The van der Waals surface area contributed by atoms with E-state index in [0.29, 0.717) is 6.61 Å². The number of rotatable bonds is 7. The summed E-state index contributed by atoms with van der Waals surface area (Å²) in [5.74, 6) is 0. The van der Waals surface area contributed by atoms with Gasteiger partial charge in [-0.1, -0.05) is 47.6 Å². The number of nitrogens with zero attached hydrogens (tertiary/aromatic N) is 2. The Hall–Kier alpha value is -2.29. The molecule has 110 valence electrons. The van der Waals surface area contributed by atoms with Crippen LogP contribution in [0, 0.1) is 0 Å². The highest BCUT2D eigenvalue weighted by Crippen LogP contribution is 2.14. The number of anilines is 1. The molecule has 0 fully saturated rings. The van der Waals surface area contributed by atoms with E-state index < -0.39 is 0 Å². The fourth-order valence-electron chi connectivity index (χ4n) is 2.14. The highest BCUT2D eigenvalue weighted by atomic mass is 16.6. The first-order valence-electron chi connectivity index (χ1n) is 7.37. The molecule has 3 nitrogen and oxygen atoms in total. The van der Waals surface area contributed by atoms with Gasteiger partial charge in [0.05, 0.1) is 6.21 Å². The molecule has 0 N–H and O–H groups in total. The quantitative estimate of drug-likeness (QED) is 0.564. The molecule has 0 amide bonds. The lowest BCUT2D eigenvalue weighted by Crippen LogP contribution is -2.21. The monoisotopic (exact) mass is 282 g/mol. The first kappa shape index (κ1) is 15.1. The standard InChI is InChI=1S/C18H22N2O/c1-3-20(4-2)18-12-10-16(11-13-18)14-19-21-15-17-8-6-5-7-9-17/h5-14H,3-4,15H2,1-2H3/b19-14+. The maximum atomic E-state index is 5.30. The van der Waals surface area contributed by atoms with Crippen LogP contribution in [0.2, 0.25) is 0 Å². The molecule has 2 aromatic carbocycles. The predicted molar refractivity (Wildman–Crippen MR) is 88.8 cm³/mol. The van der Waals surface area contributed by atoms with Crippen molar-refractivity contribution in [3.8, 4) is 0 Å². The highest BCUT2D eigenvalue weighted by molar-refractivity contribution is 5.79. The van der Waals surface area contributed by atoms with Crippen molar-refractivity contribution in [2.75, 3.05) is 18.0 Å². The number of hydrogen-bond acceptors (Lipinski definition) is 3. The van der Waals surface area contributed by atoms with Crippen LogP contribution in [0.15, 0.2) is 59.8 Å². The zero-order valence-electron chi connectivity index (χ0n) is 12.7. The molecule has 0 unspecified atom stereocenters. The molecule has 0 aliphatic heterocycles. The third kappa shape index (κ3) is 4.63. The van der Waals surface area contributed by atoms with E-state index in [2.05, 4.69) is 48.2 Å². The summed E-state index contributed by atoms with van der Waals surface area (Å²) in [5.41, 5.74) is 3.40. The van der Waals surface area contributed by atoms with Crippen LogP contribution in [0.4, 0.5) is 5.69 Å². The van der Waals surface area contributed by atoms with Gasteiger partial charge in [0.2, 0.25) is 0 Å². The largest absolute Gasteiger partial charge is 0.391 e. The van der Waals surface area contributed by atoms with Crippen LogP contribution in [-0.4, -0.2) is 19.3 Å². The van der Waals surface area contributed by atoms with Crippen LogP contribution in [-0.2, 0) is 11.4 Å². The summed E-state index contributed by atoms with van der Waals surface area (Å²) in [6.45, 7) is 6.86. The van der Waals surface area contributed by atoms with Crippen LogP contribution < -0.4 is 4.90 Å². The van der Waals surface area contributed by atoms with Gasteiger partial charge < -0.3 is 9.74 Å². The van der Waals surface area contributed by atoms with E-state index in [1.807, 2.05) is 30.3 Å². The molecule has 0 aromatic heterocycles. The lowest BCUT2D eigenvalue weighted by atomic mass is 10.2. The van der Waals surface area contributed by atoms with Crippen molar-refractivity contribution >= 4 is 11.9 Å². The van der Waals surface area contributed by atoms with E-state index >= 15 is 0 Å². The number of benzene rings is 2. The van der Waals surface area contributed by atoms with E-state index in [4.69, 9.17) is 4.84 Å². The molecule has 0 atom stereocenters. The van der Waals surface area contributed by atoms with Gasteiger partial charge in [-0.15, -0.1) is 0 Å². The Balaban J connectivity index is 1.87. The molecule has 0 saturated carbocycles. The Bertz CT molecular complexity index is 545. The maximum absolute atomic E-state index is 5.30. The summed E-state index contributed by atoms with van der Waals surface area (Å²) in [7, 11) is 0. The molecule has 0 saturated heterocycles. The van der Waals surface area contributed by atoms with Crippen molar-refractivity contribution in [1.82, 2.24) is 0 Å². The number of hydrogen-bond donors (Lipinski definition) is 0. The SMILES string of the molecule is CCN(CC)c1ccc(/C=N/OCc2ccccc2)cc1. The summed E-state index contributed by atoms with van der Waals surface area (Å²) in [5, 5.41) is 4.01. The minimum absolute atomic E-state index is 0.495. The second kappa shape index (κ2) is 8.10. The van der Waals surface area contributed by atoms with Crippen molar-refractivity contribution in [3.05, 3.63) is 65.7 Å². The van der Waals surface area contributed by atoms with E-state index in [9.17, 15) is 0 Å². The van der Waals surface area contributed by atoms with Crippen molar-refractivity contribution in [2.45, 2.75) is 20.5 Å². The molecule has 21 heavy (non-hydrogen) atoms. The van der Waals surface area contributed by atoms with E-state index in [1.165, 1.54) is 5.69 Å². The van der Waals surface area contributed by atoms with Crippen LogP contribution in [0.25, 0.3) is 0 Å². The van der Waals surface area contributed by atoms with Gasteiger partial charge in [0.15, 0.2) is 0 Å². The van der Waals surface area contributed by atoms with Gasteiger partial charge in [-0.25, -0.2) is 0 Å². The van der Waals surface area contributed by atoms with Crippen LogP contribution in [0.5, 0.6) is 0 Å². The summed E-state index contributed by atoms with van der Waals surface area (Å²) in [6, 6.07) is 18.4.